The molecule has 2 aromatic rings. The van der Waals surface area contributed by atoms with Gasteiger partial charge in [0.05, 0.1) is 6.61 Å². The van der Waals surface area contributed by atoms with Crippen LogP contribution in [0.3, 0.4) is 0 Å². The summed E-state index contributed by atoms with van der Waals surface area (Å²) < 4.78 is 6.01. The van der Waals surface area contributed by atoms with Crippen molar-refractivity contribution in [2.75, 3.05) is 19.7 Å². The highest BCUT2D eigenvalue weighted by Crippen LogP contribution is 2.46. The summed E-state index contributed by atoms with van der Waals surface area (Å²) in [4.78, 5) is 15.4. The van der Waals surface area contributed by atoms with Crippen LogP contribution in [-0.2, 0) is 12.8 Å². The van der Waals surface area contributed by atoms with Crippen LogP contribution in [0.15, 0.2) is 48.5 Å². The maximum Gasteiger partial charge on any atom is 0.163 e. The molecule has 0 heterocycles. The second kappa shape index (κ2) is 12.0. The number of hydrogen-bond acceptors (Lipinski definition) is 3. The number of aryl methyl sites for hydroxylation is 1. The average Bonchev–Trinajstić information content (AvgIpc) is 2.90. The van der Waals surface area contributed by atoms with Gasteiger partial charge in [-0.05, 0) is 87.1 Å². The van der Waals surface area contributed by atoms with E-state index in [2.05, 4.69) is 62.1 Å². The number of Topliss-reactive ketones (excluding diaryl/α,β-unsaturated/α-hetero) is 1. The lowest BCUT2D eigenvalue weighted by atomic mass is 9.66. The van der Waals surface area contributed by atoms with Crippen LogP contribution in [0.25, 0.3) is 6.08 Å². The number of carbonyl (C=O) groups is 1. The minimum absolute atomic E-state index is 0.298. The molecule has 35 heavy (non-hydrogen) atoms. The van der Waals surface area contributed by atoms with Crippen LogP contribution in [0, 0.1) is 5.41 Å². The van der Waals surface area contributed by atoms with Gasteiger partial charge in [-0.3, -0.25) is 4.79 Å². The number of nitrogens with zero attached hydrogens (tertiary/aromatic N) is 1. The van der Waals surface area contributed by atoms with Crippen LogP contribution >= 0.6 is 0 Å². The van der Waals surface area contributed by atoms with E-state index in [4.69, 9.17) is 4.74 Å². The molecule has 3 heteroatoms. The molecule has 1 spiro atoms. The van der Waals surface area contributed by atoms with Crippen LogP contribution in [-0.4, -0.2) is 36.4 Å². The second-order valence-electron chi connectivity index (χ2n) is 10.4. The molecule has 0 saturated heterocycles. The molecule has 0 aromatic heterocycles. The van der Waals surface area contributed by atoms with Gasteiger partial charge in [-0.15, -0.1) is 0 Å². The number of rotatable bonds is 11. The predicted molar refractivity (Wildman–Crippen MR) is 146 cm³/mol. The molecule has 0 bridgehead atoms. The number of benzene rings is 2. The Labute approximate surface area is 212 Å². The van der Waals surface area contributed by atoms with Crippen molar-refractivity contribution in [3.8, 4) is 5.75 Å². The van der Waals surface area contributed by atoms with Crippen molar-refractivity contribution in [1.82, 2.24) is 4.90 Å². The SMILES string of the molecule is CCCOc1cccc2c1C=CC1(CCC(N(CC)CCCC(=O)c3ccccc3CC)CC1)C2. The van der Waals surface area contributed by atoms with Gasteiger partial charge in [0, 0.05) is 23.6 Å². The van der Waals surface area contributed by atoms with Gasteiger partial charge in [-0.1, -0.05) is 69.3 Å². The molecule has 0 unspecified atom stereocenters. The summed E-state index contributed by atoms with van der Waals surface area (Å²) in [5.41, 5.74) is 5.13. The molecule has 2 aliphatic carbocycles. The maximum atomic E-state index is 12.8. The number of ketones is 1. The van der Waals surface area contributed by atoms with E-state index in [1.54, 1.807) is 0 Å². The largest absolute Gasteiger partial charge is 0.493 e. The lowest BCUT2D eigenvalue weighted by molar-refractivity contribution is 0.0945. The van der Waals surface area contributed by atoms with Crippen molar-refractivity contribution >= 4 is 11.9 Å². The van der Waals surface area contributed by atoms with E-state index in [9.17, 15) is 4.79 Å². The molecule has 0 aliphatic heterocycles. The summed E-state index contributed by atoms with van der Waals surface area (Å²) in [6, 6.07) is 15.3. The third-order valence-electron chi connectivity index (χ3n) is 8.19. The van der Waals surface area contributed by atoms with Crippen LogP contribution in [0.5, 0.6) is 5.75 Å². The molecule has 4 rings (SSSR count). The molecule has 0 atom stereocenters. The Morgan fingerprint density at radius 1 is 1.06 bits per heavy atom. The van der Waals surface area contributed by atoms with Crippen molar-refractivity contribution in [2.24, 2.45) is 5.41 Å². The average molecular weight is 474 g/mol. The molecule has 0 amide bonds. The van der Waals surface area contributed by atoms with Gasteiger partial charge in [-0.25, -0.2) is 0 Å². The van der Waals surface area contributed by atoms with E-state index < -0.39 is 0 Å². The van der Waals surface area contributed by atoms with Gasteiger partial charge in [0.25, 0.3) is 0 Å². The lowest BCUT2D eigenvalue weighted by Gasteiger charge is -2.43. The van der Waals surface area contributed by atoms with Crippen LogP contribution in [0.1, 0.15) is 92.8 Å². The van der Waals surface area contributed by atoms with Crippen molar-refractivity contribution in [3.63, 3.8) is 0 Å². The van der Waals surface area contributed by atoms with E-state index >= 15 is 0 Å². The molecular formula is C32H43NO2. The van der Waals surface area contributed by atoms with Crippen LogP contribution in [0.2, 0.25) is 0 Å². The Morgan fingerprint density at radius 2 is 1.86 bits per heavy atom. The molecular weight excluding hydrogens is 430 g/mol. The van der Waals surface area contributed by atoms with E-state index in [1.165, 1.54) is 42.4 Å². The molecule has 3 nitrogen and oxygen atoms in total. The monoisotopic (exact) mass is 473 g/mol. The Bertz CT molecular complexity index is 1020. The minimum atomic E-state index is 0.298. The zero-order valence-corrected chi connectivity index (χ0v) is 22.0. The van der Waals surface area contributed by atoms with Gasteiger partial charge in [0.15, 0.2) is 5.78 Å². The molecule has 2 aromatic carbocycles. The fourth-order valence-electron chi connectivity index (χ4n) is 6.13. The van der Waals surface area contributed by atoms with E-state index in [0.29, 0.717) is 23.7 Å². The first-order chi connectivity index (χ1) is 17.1. The van der Waals surface area contributed by atoms with Gasteiger partial charge in [0.2, 0.25) is 0 Å². The van der Waals surface area contributed by atoms with Gasteiger partial charge in [0.1, 0.15) is 5.75 Å². The lowest BCUT2D eigenvalue weighted by Crippen LogP contribution is -2.42. The number of allylic oxidation sites excluding steroid dienone is 1. The normalized spacial score (nSPS) is 21.3. The first kappa shape index (κ1) is 25.7. The van der Waals surface area contributed by atoms with E-state index in [1.807, 2.05) is 18.2 Å². The summed E-state index contributed by atoms with van der Waals surface area (Å²) in [5, 5.41) is 0. The van der Waals surface area contributed by atoms with Gasteiger partial charge >= 0.3 is 0 Å². The van der Waals surface area contributed by atoms with E-state index in [-0.39, 0.29) is 0 Å². The number of fused-ring (bicyclic) bond motifs is 1. The second-order valence-corrected chi connectivity index (χ2v) is 10.4. The first-order valence-corrected chi connectivity index (χ1v) is 13.9. The number of carbonyl (C=O) groups excluding carboxylic acids is 1. The third kappa shape index (κ3) is 6.06. The zero-order chi connectivity index (χ0) is 24.7. The summed E-state index contributed by atoms with van der Waals surface area (Å²) in [5.74, 6) is 1.34. The van der Waals surface area contributed by atoms with E-state index in [0.717, 1.165) is 56.7 Å². The highest BCUT2D eigenvalue weighted by Gasteiger charge is 2.37. The molecule has 1 saturated carbocycles. The summed E-state index contributed by atoms with van der Waals surface area (Å²) in [6.45, 7) is 9.41. The molecule has 2 aliphatic rings. The maximum absolute atomic E-state index is 12.8. The highest BCUT2D eigenvalue weighted by atomic mass is 16.5. The van der Waals surface area contributed by atoms with Gasteiger partial charge in [-0.2, -0.15) is 0 Å². The summed E-state index contributed by atoms with van der Waals surface area (Å²) in [6.07, 6.45) is 14.5. The smallest absolute Gasteiger partial charge is 0.163 e. The first-order valence-electron chi connectivity index (χ1n) is 13.9. The standard InChI is InChI=1S/C32H43NO2/c1-4-23-35-31-15-9-12-26-24-32(21-18-29(26)31)19-16-27(17-20-32)33(6-3)22-10-14-30(34)28-13-8-7-11-25(28)5-2/h7-9,11-13,15,18,21,27H,4-6,10,14,16-17,19-20,22-24H2,1-3H3. The molecule has 0 radical (unpaired) electrons. The minimum Gasteiger partial charge on any atom is -0.493 e. The van der Waals surface area contributed by atoms with Crippen molar-refractivity contribution in [1.29, 1.82) is 0 Å². The Kier molecular flexibility index (Phi) is 8.83. The van der Waals surface area contributed by atoms with Crippen molar-refractivity contribution in [3.05, 3.63) is 70.8 Å². The Hall–Kier alpha value is -2.39. The van der Waals surface area contributed by atoms with Crippen molar-refractivity contribution in [2.45, 2.75) is 84.6 Å². The molecule has 188 valence electrons. The van der Waals surface area contributed by atoms with Crippen molar-refractivity contribution < 1.29 is 9.53 Å². The number of hydrogen-bond donors (Lipinski definition) is 0. The van der Waals surface area contributed by atoms with Crippen LogP contribution < -0.4 is 4.74 Å². The summed E-state index contributed by atoms with van der Waals surface area (Å²) >= 11 is 0. The summed E-state index contributed by atoms with van der Waals surface area (Å²) in [7, 11) is 0. The predicted octanol–water partition coefficient (Wildman–Crippen LogP) is 7.52. The zero-order valence-electron chi connectivity index (χ0n) is 22.0. The highest BCUT2D eigenvalue weighted by molar-refractivity contribution is 5.97. The molecule has 0 N–H and O–H groups in total. The van der Waals surface area contributed by atoms with Crippen LogP contribution in [0.4, 0.5) is 0 Å². The Morgan fingerprint density at radius 3 is 2.60 bits per heavy atom. The fourth-order valence-corrected chi connectivity index (χ4v) is 6.13. The fraction of sp³-hybridized carbons (Fsp3) is 0.531. The van der Waals surface area contributed by atoms with Gasteiger partial charge < -0.3 is 9.64 Å². The Balaban J connectivity index is 1.30. The third-order valence-corrected chi connectivity index (χ3v) is 8.19. The number of ether oxygens (including phenoxy) is 1. The topological polar surface area (TPSA) is 29.5 Å². The quantitative estimate of drug-likeness (QED) is 0.316. The molecule has 1 fully saturated rings.